The summed E-state index contributed by atoms with van der Waals surface area (Å²) in [5, 5.41) is 1.71. The van der Waals surface area contributed by atoms with E-state index in [1.165, 1.54) is 23.1 Å². The van der Waals surface area contributed by atoms with Crippen molar-refractivity contribution < 1.29 is 9.53 Å². The van der Waals surface area contributed by atoms with Crippen LogP contribution in [0.15, 0.2) is 64.5 Å². The Kier molecular flexibility index (Phi) is 5.91. The minimum absolute atomic E-state index is 0.0155. The number of carbonyl (C=O) groups excluding carboxylic acids is 1. The van der Waals surface area contributed by atoms with E-state index in [0.717, 1.165) is 10.4 Å². The van der Waals surface area contributed by atoms with Crippen LogP contribution in [0.25, 0.3) is 15.9 Å². The van der Waals surface area contributed by atoms with Crippen LogP contribution in [0.5, 0.6) is 0 Å². The molecule has 8 heteroatoms. The Hall–Kier alpha value is -2.45. The molecule has 0 saturated heterocycles. The lowest BCUT2D eigenvalue weighted by atomic mass is 9.94. The SMILES string of the molecule is CC1(C)Cc2c(sc3nc(SCC(=O)c4ccccc4)n(-c4ccc(Cl)cc4)c(=O)c23)CO1. The molecule has 0 N–H and O–H groups in total. The molecule has 0 bridgehead atoms. The molecule has 0 fully saturated rings. The minimum Gasteiger partial charge on any atom is -0.370 e. The minimum atomic E-state index is -0.339. The predicted molar refractivity (Wildman–Crippen MR) is 134 cm³/mol. The number of fused-ring (bicyclic) bond motifs is 3. The Morgan fingerprint density at radius 3 is 2.64 bits per heavy atom. The van der Waals surface area contributed by atoms with Crippen LogP contribution in [0.2, 0.25) is 5.02 Å². The molecule has 168 valence electrons. The van der Waals surface area contributed by atoms with E-state index < -0.39 is 0 Å². The van der Waals surface area contributed by atoms with E-state index in [2.05, 4.69) is 0 Å². The van der Waals surface area contributed by atoms with Gasteiger partial charge in [-0.3, -0.25) is 14.2 Å². The number of hydrogen-bond donors (Lipinski definition) is 0. The first-order chi connectivity index (χ1) is 15.8. The van der Waals surface area contributed by atoms with Gasteiger partial charge in [0.15, 0.2) is 10.9 Å². The van der Waals surface area contributed by atoms with Crippen molar-refractivity contribution in [2.75, 3.05) is 5.75 Å². The Morgan fingerprint density at radius 1 is 1.18 bits per heavy atom. The molecular weight excluding hydrogens is 476 g/mol. The second-order valence-corrected chi connectivity index (χ2v) is 11.0. The molecule has 1 aliphatic heterocycles. The summed E-state index contributed by atoms with van der Waals surface area (Å²) in [6.45, 7) is 4.53. The molecule has 0 atom stereocenters. The Balaban J connectivity index is 1.63. The van der Waals surface area contributed by atoms with Crippen molar-refractivity contribution in [3.8, 4) is 5.69 Å². The van der Waals surface area contributed by atoms with E-state index in [1.807, 2.05) is 32.0 Å². The molecule has 3 heterocycles. The van der Waals surface area contributed by atoms with Crippen molar-refractivity contribution in [1.82, 2.24) is 9.55 Å². The number of benzene rings is 2. The number of hydrogen-bond acceptors (Lipinski definition) is 6. The van der Waals surface area contributed by atoms with Crippen LogP contribution in [-0.4, -0.2) is 26.7 Å². The predicted octanol–water partition coefficient (Wildman–Crippen LogP) is 5.93. The largest absolute Gasteiger partial charge is 0.370 e. The molecule has 0 amide bonds. The van der Waals surface area contributed by atoms with E-state index >= 15 is 0 Å². The summed E-state index contributed by atoms with van der Waals surface area (Å²) in [4.78, 5) is 33.2. The second-order valence-electron chi connectivity index (χ2n) is 8.50. The molecule has 0 spiro atoms. The Labute approximate surface area is 204 Å². The highest BCUT2D eigenvalue weighted by Gasteiger charge is 2.31. The summed E-state index contributed by atoms with van der Waals surface area (Å²) in [6.07, 6.45) is 0.652. The van der Waals surface area contributed by atoms with Gasteiger partial charge in [0.05, 0.1) is 29.0 Å². The number of Topliss-reactive ketones (excluding diaryl/α,β-unsaturated/α-hetero) is 1. The van der Waals surface area contributed by atoms with Crippen LogP contribution in [0, 0.1) is 0 Å². The third kappa shape index (κ3) is 4.38. The lowest BCUT2D eigenvalue weighted by molar-refractivity contribution is -0.0379. The number of thiophene rings is 1. The highest BCUT2D eigenvalue weighted by molar-refractivity contribution is 7.99. The normalized spacial score (nSPS) is 14.9. The van der Waals surface area contributed by atoms with Gasteiger partial charge < -0.3 is 4.74 Å². The maximum atomic E-state index is 13.9. The fourth-order valence-electron chi connectivity index (χ4n) is 3.93. The van der Waals surface area contributed by atoms with Gasteiger partial charge in [-0.05, 0) is 43.7 Å². The van der Waals surface area contributed by atoms with Gasteiger partial charge in [0.25, 0.3) is 5.56 Å². The molecule has 2 aromatic carbocycles. The van der Waals surface area contributed by atoms with Gasteiger partial charge in [-0.2, -0.15) is 0 Å². The smallest absolute Gasteiger partial charge is 0.267 e. The van der Waals surface area contributed by atoms with Crippen LogP contribution in [0.1, 0.15) is 34.6 Å². The molecular formula is C25H21ClN2O3S2. The summed E-state index contributed by atoms with van der Waals surface area (Å²) in [7, 11) is 0. The number of ketones is 1. The number of rotatable bonds is 5. The highest BCUT2D eigenvalue weighted by Crippen LogP contribution is 2.38. The molecule has 2 aromatic heterocycles. The zero-order valence-corrected chi connectivity index (χ0v) is 20.5. The highest BCUT2D eigenvalue weighted by atomic mass is 35.5. The molecule has 4 aromatic rings. The third-order valence-corrected chi connectivity index (χ3v) is 7.88. The van der Waals surface area contributed by atoms with Crippen molar-refractivity contribution >= 4 is 50.7 Å². The topological polar surface area (TPSA) is 61.2 Å². The van der Waals surface area contributed by atoms with Gasteiger partial charge in [0.1, 0.15) is 4.83 Å². The average Bonchev–Trinajstić information content (AvgIpc) is 3.15. The van der Waals surface area contributed by atoms with Crippen molar-refractivity contribution in [1.29, 1.82) is 0 Å². The Bertz CT molecular complexity index is 1410. The first-order valence-corrected chi connectivity index (χ1v) is 12.7. The molecule has 5 nitrogen and oxygen atoms in total. The lowest BCUT2D eigenvalue weighted by Gasteiger charge is -2.29. The number of thioether (sulfide) groups is 1. The number of ether oxygens (including phenoxy) is 1. The van der Waals surface area contributed by atoms with E-state index in [1.54, 1.807) is 41.0 Å². The van der Waals surface area contributed by atoms with Crippen molar-refractivity contribution in [2.24, 2.45) is 0 Å². The van der Waals surface area contributed by atoms with Crippen LogP contribution >= 0.6 is 34.7 Å². The van der Waals surface area contributed by atoms with Crippen LogP contribution in [-0.2, 0) is 17.8 Å². The maximum Gasteiger partial charge on any atom is 0.267 e. The molecule has 0 radical (unpaired) electrons. The molecule has 5 rings (SSSR count). The molecule has 0 unspecified atom stereocenters. The molecule has 1 aliphatic rings. The summed E-state index contributed by atoms with van der Waals surface area (Å²) in [5.74, 6) is 0.162. The van der Waals surface area contributed by atoms with E-state index in [9.17, 15) is 9.59 Å². The zero-order valence-electron chi connectivity index (χ0n) is 18.1. The van der Waals surface area contributed by atoms with Gasteiger partial charge in [-0.15, -0.1) is 11.3 Å². The average molecular weight is 497 g/mol. The van der Waals surface area contributed by atoms with Gasteiger partial charge in [0.2, 0.25) is 0 Å². The summed E-state index contributed by atoms with van der Waals surface area (Å²) in [6, 6.07) is 16.2. The quantitative estimate of drug-likeness (QED) is 0.195. The van der Waals surface area contributed by atoms with Crippen LogP contribution < -0.4 is 5.56 Å². The molecule has 33 heavy (non-hydrogen) atoms. The summed E-state index contributed by atoms with van der Waals surface area (Å²) < 4.78 is 7.55. The maximum absolute atomic E-state index is 13.9. The molecule has 0 saturated carbocycles. The first-order valence-electron chi connectivity index (χ1n) is 10.5. The van der Waals surface area contributed by atoms with Crippen LogP contribution in [0.4, 0.5) is 0 Å². The van der Waals surface area contributed by atoms with Crippen molar-refractivity contribution in [3.05, 3.63) is 86.0 Å². The number of carbonyl (C=O) groups is 1. The summed E-state index contributed by atoms with van der Waals surface area (Å²) >= 11 is 8.85. The second kappa shape index (κ2) is 8.72. The fraction of sp³-hybridized carbons (Fsp3) is 0.240. The number of halogens is 1. The standard InChI is InChI=1S/C25H21ClN2O3S2/c1-25(2)12-18-20(13-31-25)33-22-21(18)23(30)28(17-10-8-16(26)9-11-17)24(27-22)32-14-19(29)15-6-4-3-5-7-15/h3-11H,12-14H2,1-2H3. The van der Waals surface area contributed by atoms with Gasteiger partial charge >= 0.3 is 0 Å². The fourth-order valence-corrected chi connectivity index (χ4v) is 6.10. The summed E-state index contributed by atoms with van der Waals surface area (Å²) in [5.41, 5.74) is 1.85. The van der Waals surface area contributed by atoms with E-state index in [4.69, 9.17) is 21.3 Å². The third-order valence-electron chi connectivity index (χ3n) is 5.59. The monoisotopic (exact) mass is 496 g/mol. The first kappa shape index (κ1) is 22.3. The zero-order chi connectivity index (χ0) is 23.2. The van der Waals surface area contributed by atoms with E-state index in [-0.39, 0.29) is 22.7 Å². The van der Waals surface area contributed by atoms with Gasteiger partial charge in [0, 0.05) is 21.9 Å². The van der Waals surface area contributed by atoms with E-state index in [0.29, 0.717) is 44.7 Å². The van der Waals surface area contributed by atoms with Gasteiger partial charge in [-0.25, -0.2) is 4.98 Å². The van der Waals surface area contributed by atoms with Crippen LogP contribution in [0.3, 0.4) is 0 Å². The molecule has 0 aliphatic carbocycles. The van der Waals surface area contributed by atoms with Crippen molar-refractivity contribution in [3.63, 3.8) is 0 Å². The number of nitrogens with zero attached hydrogens (tertiary/aromatic N) is 2. The Morgan fingerprint density at radius 2 is 1.91 bits per heavy atom. The van der Waals surface area contributed by atoms with Gasteiger partial charge in [-0.1, -0.05) is 53.7 Å². The van der Waals surface area contributed by atoms with Crippen molar-refractivity contribution in [2.45, 2.75) is 37.6 Å². The lowest BCUT2D eigenvalue weighted by Crippen LogP contribution is -2.32. The number of aromatic nitrogens is 2.